The third-order valence-corrected chi connectivity index (χ3v) is 8.77. The molecule has 0 aliphatic carbocycles. The highest BCUT2D eigenvalue weighted by Crippen LogP contribution is 2.38. The van der Waals surface area contributed by atoms with E-state index in [0.29, 0.717) is 43.0 Å². The standard InChI is InChI=1S/C36H66NO10P/c1-5-6-7-8-9-10-11-12-13-14-15-18-21-26-35(40)44-31-34(32-46-48(42,43)45-30-28-37(2,3)4)47-36(41)27-22-19-16-17-20-24-33(39)25-23-29-38/h23,25,29,34H,5-22,24,26-28,30-32H2,1-4H3/b25-23+. The molecule has 12 heteroatoms. The average molecular weight is 704 g/mol. The second-order valence-corrected chi connectivity index (χ2v) is 15.0. The SMILES string of the molecule is CCCCCCCCCCCCCCCC(=O)OCC(COP(=O)([O-])OCC[N+](C)(C)C)OC(=O)CCCCCCCC(=O)/C=C/C=O. The van der Waals surface area contributed by atoms with Crippen molar-refractivity contribution in [2.45, 2.75) is 148 Å². The zero-order valence-corrected chi connectivity index (χ0v) is 31.4. The van der Waals surface area contributed by atoms with Crippen LogP contribution in [0.25, 0.3) is 0 Å². The van der Waals surface area contributed by atoms with Crippen LogP contribution in [0.1, 0.15) is 142 Å². The molecule has 0 aliphatic heterocycles. The van der Waals surface area contributed by atoms with Crippen molar-refractivity contribution < 1.29 is 51.6 Å². The number of ketones is 1. The van der Waals surface area contributed by atoms with Gasteiger partial charge in [-0.05, 0) is 31.4 Å². The summed E-state index contributed by atoms with van der Waals surface area (Å²) in [6.45, 7) is 1.79. The molecule has 0 spiro atoms. The van der Waals surface area contributed by atoms with Gasteiger partial charge < -0.3 is 27.9 Å². The van der Waals surface area contributed by atoms with Crippen LogP contribution in [0.2, 0.25) is 0 Å². The largest absolute Gasteiger partial charge is 0.756 e. The number of esters is 2. The Balaban J connectivity index is 4.47. The lowest BCUT2D eigenvalue weighted by Crippen LogP contribution is -2.37. The fraction of sp³-hybridized carbons (Fsp3) is 0.833. The van der Waals surface area contributed by atoms with E-state index >= 15 is 0 Å². The average Bonchev–Trinajstić information content (AvgIpc) is 3.02. The van der Waals surface area contributed by atoms with E-state index in [0.717, 1.165) is 38.5 Å². The van der Waals surface area contributed by atoms with Crippen molar-refractivity contribution >= 4 is 31.8 Å². The molecule has 2 atom stereocenters. The van der Waals surface area contributed by atoms with Crippen LogP contribution in [0.4, 0.5) is 0 Å². The zero-order valence-electron chi connectivity index (χ0n) is 30.5. The molecule has 0 amide bonds. The molecule has 0 aliphatic rings. The van der Waals surface area contributed by atoms with Crippen LogP contribution in [0, 0.1) is 0 Å². The topological polar surface area (TPSA) is 145 Å². The van der Waals surface area contributed by atoms with E-state index < -0.39 is 32.5 Å². The van der Waals surface area contributed by atoms with Crippen LogP contribution in [0.5, 0.6) is 0 Å². The third-order valence-electron chi connectivity index (χ3n) is 7.81. The molecule has 280 valence electrons. The summed E-state index contributed by atoms with van der Waals surface area (Å²) in [6.07, 6.45) is 21.9. The Morgan fingerprint density at radius 1 is 0.688 bits per heavy atom. The Kier molecular flexibility index (Phi) is 28.8. The van der Waals surface area contributed by atoms with Crippen LogP contribution >= 0.6 is 7.82 Å². The quantitative estimate of drug-likeness (QED) is 0.0169. The van der Waals surface area contributed by atoms with Crippen LogP contribution in [0.15, 0.2) is 12.2 Å². The number of nitrogens with zero attached hydrogens (tertiary/aromatic N) is 1. The molecule has 0 saturated carbocycles. The lowest BCUT2D eigenvalue weighted by Gasteiger charge is -2.28. The smallest absolute Gasteiger partial charge is 0.306 e. The van der Waals surface area contributed by atoms with Gasteiger partial charge in [0.1, 0.15) is 26.0 Å². The number of quaternary nitrogens is 1. The molecule has 0 fully saturated rings. The van der Waals surface area contributed by atoms with Gasteiger partial charge in [0, 0.05) is 19.3 Å². The summed E-state index contributed by atoms with van der Waals surface area (Å²) < 4.78 is 33.5. The van der Waals surface area contributed by atoms with Crippen molar-refractivity contribution in [3.05, 3.63) is 12.2 Å². The van der Waals surface area contributed by atoms with Gasteiger partial charge >= 0.3 is 11.9 Å². The van der Waals surface area contributed by atoms with Gasteiger partial charge in [-0.15, -0.1) is 0 Å². The number of aldehydes is 1. The lowest BCUT2D eigenvalue weighted by molar-refractivity contribution is -0.870. The van der Waals surface area contributed by atoms with Gasteiger partial charge in [0.05, 0.1) is 27.7 Å². The van der Waals surface area contributed by atoms with Crippen LogP contribution in [-0.4, -0.2) is 82.1 Å². The molecule has 0 aromatic carbocycles. The summed E-state index contributed by atoms with van der Waals surface area (Å²) in [7, 11) is 1.05. The Hall–Kier alpha value is -1.91. The second kappa shape index (κ2) is 30.0. The minimum atomic E-state index is -4.66. The molecule has 0 N–H and O–H groups in total. The molecule has 0 heterocycles. The number of carbonyl (C=O) groups is 4. The van der Waals surface area contributed by atoms with Gasteiger partial charge in [-0.3, -0.25) is 23.7 Å². The fourth-order valence-corrected chi connectivity index (χ4v) is 5.60. The van der Waals surface area contributed by atoms with Crippen molar-refractivity contribution in [3.8, 4) is 0 Å². The maximum atomic E-state index is 12.5. The highest BCUT2D eigenvalue weighted by atomic mass is 31.2. The van der Waals surface area contributed by atoms with Crippen molar-refractivity contribution in [1.29, 1.82) is 0 Å². The van der Waals surface area contributed by atoms with Gasteiger partial charge in [0.2, 0.25) is 0 Å². The second-order valence-electron chi connectivity index (χ2n) is 13.6. The van der Waals surface area contributed by atoms with Crippen LogP contribution in [0.3, 0.4) is 0 Å². The highest BCUT2D eigenvalue weighted by Gasteiger charge is 2.21. The number of hydrogen-bond donors (Lipinski definition) is 0. The molecule has 0 radical (unpaired) electrons. The molecule has 11 nitrogen and oxygen atoms in total. The number of carbonyl (C=O) groups excluding carboxylic acids is 4. The van der Waals surface area contributed by atoms with Gasteiger partial charge in [-0.2, -0.15) is 0 Å². The zero-order chi connectivity index (χ0) is 35.9. The predicted molar refractivity (Wildman–Crippen MR) is 186 cm³/mol. The van der Waals surface area contributed by atoms with E-state index in [4.69, 9.17) is 18.5 Å². The molecular formula is C36H66NO10P. The lowest BCUT2D eigenvalue weighted by atomic mass is 10.0. The van der Waals surface area contributed by atoms with Gasteiger partial charge in [0.15, 0.2) is 11.9 Å². The van der Waals surface area contributed by atoms with E-state index in [1.807, 2.05) is 21.1 Å². The Labute approximate surface area is 290 Å². The van der Waals surface area contributed by atoms with E-state index in [1.54, 1.807) is 0 Å². The van der Waals surface area contributed by atoms with E-state index in [1.165, 1.54) is 69.9 Å². The fourth-order valence-electron chi connectivity index (χ4n) is 4.87. The summed E-state index contributed by atoms with van der Waals surface area (Å²) in [5.41, 5.74) is 0. The molecule has 48 heavy (non-hydrogen) atoms. The monoisotopic (exact) mass is 703 g/mol. The summed E-state index contributed by atoms with van der Waals surface area (Å²) in [4.78, 5) is 59.0. The maximum absolute atomic E-state index is 12.5. The Bertz CT molecular complexity index is 934. The first-order chi connectivity index (χ1) is 22.9. The number of allylic oxidation sites excluding steroid dienone is 2. The summed E-state index contributed by atoms with van der Waals surface area (Å²) >= 11 is 0. The van der Waals surface area contributed by atoms with Crippen molar-refractivity contribution in [3.63, 3.8) is 0 Å². The van der Waals surface area contributed by atoms with Crippen LogP contribution in [-0.2, 0) is 42.3 Å². The summed E-state index contributed by atoms with van der Waals surface area (Å²) in [6, 6.07) is 0. The number of likely N-dealkylation sites (N-methyl/N-ethyl adjacent to an activating group) is 1. The highest BCUT2D eigenvalue weighted by molar-refractivity contribution is 7.45. The predicted octanol–water partition coefficient (Wildman–Crippen LogP) is 7.19. The number of unbranched alkanes of at least 4 members (excludes halogenated alkanes) is 16. The molecule has 2 unspecified atom stereocenters. The number of hydrogen-bond acceptors (Lipinski definition) is 10. The number of rotatable bonds is 34. The normalized spacial score (nSPS) is 13.7. The third kappa shape index (κ3) is 32.6. The number of phosphoric ester groups is 1. The first-order valence-corrected chi connectivity index (χ1v) is 19.7. The van der Waals surface area contributed by atoms with Gasteiger partial charge in [-0.1, -0.05) is 103 Å². The molecule has 0 rings (SSSR count). The number of ether oxygens (including phenoxy) is 2. The maximum Gasteiger partial charge on any atom is 0.306 e. The van der Waals surface area contributed by atoms with E-state index in [2.05, 4.69) is 6.92 Å². The molecule has 0 aromatic heterocycles. The molecular weight excluding hydrogens is 637 g/mol. The van der Waals surface area contributed by atoms with E-state index in [-0.39, 0.29) is 31.8 Å². The Morgan fingerprint density at radius 3 is 1.67 bits per heavy atom. The van der Waals surface area contributed by atoms with Crippen molar-refractivity contribution in [2.75, 3.05) is 47.5 Å². The first-order valence-electron chi connectivity index (χ1n) is 18.3. The Morgan fingerprint density at radius 2 is 1.17 bits per heavy atom. The summed E-state index contributed by atoms with van der Waals surface area (Å²) in [5, 5.41) is 0. The van der Waals surface area contributed by atoms with Gasteiger partial charge in [0.25, 0.3) is 7.82 Å². The van der Waals surface area contributed by atoms with E-state index in [9.17, 15) is 28.6 Å². The molecule has 0 bridgehead atoms. The first kappa shape index (κ1) is 46.1. The van der Waals surface area contributed by atoms with Crippen molar-refractivity contribution in [1.82, 2.24) is 0 Å². The number of phosphoric acid groups is 1. The minimum Gasteiger partial charge on any atom is -0.756 e. The van der Waals surface area contributed by atoms with Crippen LogP contribution < -0.4 is 4.89 Å². The molecule has 0 aromatic rings. The minimum absolute atomic E-state index is 0.0630. The summed E-state index contributed by atoms with van der Waals surface area (Å²) in [5.74, 6) is -1.06. The molecule has 0 saturated heterocycles. The van der Waals surface area contributed by atoms with Crippen molar-refractivity contribution in [2.24, 2.45) is 0 Å². The van der Waals surface area contributed by atoms with Gasteiger partial charge in [-0.25, -0.2) is 0 Å².